The summed E-state index contributed by atoms with van der Waals surface area (Å²) in [6.45, 7) is 4.77. The number of carbonyl (C=O) groups excluding carboxylic acids is 1. The molecule has 0 unspecified atom stereocenters. The Morgan fingerprint density at radius 3 is 2.26 bits per heavy atom. The van der Waals surface area contributed by atoms with Crippen LogP contribution in [0.1, 0.15) is 36.7 Å². The van der Waals surface area contributed by atoms with Crippen molar-refractivity contribution in [3.8, 4) is 0 Å². The molecule has 0 bridgehead atoms. The van der Waals surface area contributed by atoms with E-state index in [1.165, 1.54) is 0 Å². The monoisotopic (exact) mass is 278 g/mol. The molecule has 0 aromatic heterocycles. The van der Waals surface area contributed by atoms with E-state index >= 15 is 0 Å². The molecule has 19 heavy (non-hydrogen) atoms. The number of halogens is 4. The molecule has 1 radical (unpaired) electrons. The predicted octanol–water partition coefficient (Wildman–Crippen LogP) is 3.32. The van der Waals surface area contributed by atoms with Crippen molar-refractivity contribution in [2.75, 3.05) is 0 Å². The second-order valence-electron chi connectivity index (χ2n) is 4.76. The Hall–Kier alpha value is -1.63. The van der Waals surface area contributed by atoms with E-state index in [1.807, 2.05) is 0 Å². The largest absolute Gasteiger partial charge is 0.419 e. The molecule has 1 rings (SSSR count). The zero-order valence-corrected chi connectivity index (χ0v) is 10.5. The van der Waals surface area contributed by atoms with Gasteiger partial charge in [0.15, 0.2) is 0 Å². The minimum atomic E-state index is -4.87. The summed E-state index contributed by atoms with van der Waals surface area (Å²) in [6.07, 6.45) is -4.87. The van der Waals surface area contributed by atoms with Gasteiger partial charge in [0.05, 0.1) is 16.7 Å². The summed E-state index contributed by atoms with van der Waals surface area (Å²) in [6, 6.07) is 2.41. The average Bonchev–Trinajstić information content (AvgIpc) is 2.23. The fourth-order valence-corrected chi connectivity index (χ4v) is 1.14. The molecule has 0 N–H and O–H groups in total. The molecule has 0 atom stereocenters. The Kier molecular flexibility index (Phi) is 4.19. The number of alkyl halides is 3. The normalized spacial score (nSPS) is 12.4. The first-order valence-electron chi connectivity index (χ1n) is 5.31. The van der Waals surface area contributed by atoms with Crippen LogP contribution in [0.3, 0.4) is 0 Å². The van der Waals surface area contributed by atoms with Gasteiger partial charge in [0.1, 0.15) is 5.82 Å². The second-order valence-corrected chi connectivity index (χ2v) is 4.76. The highest BCUT2D eigenvalue weighted by molar-refractivity contribution is 5.93. The minimum absolute atomic E-state index is 0.552. The van der Waals surface area contributed by atoms with Crippen LogP contribution in [0, 0.1) is 5.82 Å². The molecule has 0 heterocycles. The maximum absolute atomic E-state index is 13.6. The van der Waals surface area contributed by atoms with Gasteiger partial charge >= 0.3 is 12.1 Å². The Balaban J connectivity index is 2.99. The van der Waals surface area contributed by atoms with Crippen molar-refractivity contribution < 1.29 is 27.2 Å². The third kappa shape index (κ3) is 4.20. The van der Waals surface area contributed by atoms with Gasteiger partial charge in [0.25, 0.3) is 0 Å². The van der Waals surface area contributed by atoms with Crippen LogP contribution in [-0.4, -0.2) is 11.5 Å². The summed E-state index contributed by atoms with van der Waals surface area (Å²) in [5.74, 6) is -2.85. The maximum Gasteiger partial charge on any atom is 0.419 e. The van der Waals surface area contributed by atoms with E-state index in [0.29, 0.717) is 6.07 Å². The van der Waals surface area contributed by atoms with Crippen molar-refractivity contribution in [3.63, 3.8) is 0 Å². The summed E-state index contributed by atoms with van der Waals surface area (Å²) in [4.78, 5) is 16.2. The highest BCUT2D eigenvalue weighted by Crippen LogP contribution is 2.32. The molecule has 3 nitrogen and oxygen atoms in total. The van der Waals surface area contributed by atoms with Gasteiger partial charge in [-0.3, -0.25) is 4.79 Å². The Labute approximate surface area is 107 Å². The fraction of sp³-hybridized carbons (Fsp3) is 0.417. The second kappa shape index (κ2) is 5.16. The molecule has 1 aromatic carbocycles. The number of amides is 1. The van der Waals surface area contributed by atoms with Crippen molar-refractivity contribution in [3.05, 3.63) is 35.1 Å². The first-order chi connectivity index (χ1) is 8.52. The summed E-state index contributed by atoms with van der Waals surface area (Å²) in [5.41, 5.74) is 0.0170. The first kappa shape index (κ1) is 15.4. The molecule has 0 aliphatic rings. The lowest BCUT2D eigenvalue weighted by Crippen LogP contribution is -2.29. The van der Waals surface area contributed by atoms with E-state index in [4.69, 9.17) is 4.84 Å². The number of carbonyl (C=O) groups is 1. The fourth-order valence-electron chi connectivity index (χ4n) is 1.14. The molecule has 0 fully saturated rings. The lowest BCUT2D eigenvalue weighted by Gasteiger charge is -2.17. The van der Waals surface area contributed by atoms with Gasteiger partial charge in [-0.15, -0.1) is 0 Å². The van der Waals surface area contributed by atoms with Gasteiger partial charge in [-0.1, -0.05) is 11.5 Å². The number of nitrogens with zero attached hydrogens (tertiary/aromatic N) is 1. The Bertz CT molecular complexity index is 478. The number of hydrogen-bond acceptors (Lipinski definition) is 2. The van der Waals surface area contributed by atoms with Crippen molar-refractivity contribution >= 4 is 5.91 Å². The van der Waals surface area contributed by atoms with Crippen LogP contribution in [0.25, 0.3) is 0 Å². The summed E-state index contributed by atoms with van der Waals surface area (Å²) < 4.78 is 50.9. The third-order valence-corrected chi connectivity index (χ3v) is 1.94. The van der Waals surface area contributed by atoms with Crippen LogP contribution in [0.4, 0.5) is 17.6 Å². The van der Waals surface area contributed by atoms with E-state index in [0.717, 1.165) is 12.1 Å². The molecular formula is C12H12F4NO2. The first-order valence-corrected chi connectivity index (χ1v) is 5.31. The molecule has 7 heteroatoms. The smallest absolute Gasteiger partial charge is 0.264 e. The quantitative estimate of drug-likeness (QED) is 0.615. The minimum Gasteiger partial charge on any atom is -0.264 e. The van der Waals surface area contributed by atoms with E-state index in [1.54, 1.807) is 20.8 Å². The lowest BCUT2D eigenvalue weighted by molar-refractivity contribution is -0.140. The van der Waals surface area contributed by atoms with Crippen LogP contribution in [0.2, 0.25) is 0 Å². The standard InChI is InChI=1S/C12H12F4NO2/c1-11(2,3)19-17-10(18)7-5-4-6-8(9(7)13)12(14,15)16/h4-6H,1-3H3. The topological polar surface area (TPSA) is 40.4 Å². The van der Waals surface area contributed by atoms with Gasteiger partial charge in [-0.05, 0) is 32.9 Å². The van der Waals surface area contributed by atoms with Crippen LogP contribution in [0.15, 0.2) is 18.2 Å². The molecule has 0 aliphatic carbocycles. The van der Waals surface area contributed by atoms with E-state index < -0.39 is 34.6 Å². The Morgan fingerprint density at radius 2 is 1.79 bits per heavy atom. The van der Waals surface area contributed by atoms with E-state index in [2.05, 4.69) is 5.48 Å². The van der Waals surface area contributed by atoms with Gasteiger partial charge in [0.2, 0.25) is 0 Å². The zero-order valence-electron chi connectivity index (χ0n) is 10.5. The molecule has 0 aliphatic heterocycles. The highest BCUT2D eigenvalue weighted by atomic mass is 19.4. The van der Waals surface area contributed by atoms with Gasteiger partial charge in [-0.25, -0.2) is 9.23 Å². The predicted molar refractivity (Wildman–Crippen MR) is 58.7 cm³/mol. The van der Waals surface area contributed by atoms with Gasteiger partial charge < -0.3 is 0 Å². The van der Waals surface area contributed by atoms with Crippen LogP contribution < -0.4 is 5.48 Å². The molecule has 0 saturated carbocycles. The van der Waals surface area contributed by atoms with Crippen molar-refractivity contribution in [2.24, 2.45) is 0 Å². The zero-order chi connectivity index (χ0) is 14.8. The summed E-state index contributed by atoms with van der Waals surface area (Å²) >= 11 is 0. The third-order valence-electron chi connectivity index (χ3n) is 1.94. The number of rotatable bonds is 2. The molecular weight excluding hydrogens is 266 g/mol. The van der Waals surface area contributed by atoms with Gasteiger partial charge in [0, 0.05) is 0 Å². The van der Waals surface area contributed by atoms with Crippen molar-refractivity contribution in [1.29, 1.82) is 0 Å². The number of hydroxylamine groups is 1. The van der Waals surface area contributed by atoms with Crippen LogP contribution in [-0.2, 0) is 11.0 Å². The van der Waals surface area contributed by atoms with Crippen molar-refractivity contribution in [1.82, 2.24) is 5.48 Å². The van der Waals surface area contributed by atoms with Crippen molar-refractivity contribution in [2.45, 2.75) is 32.5 Å². The van der Waals surface area contributed by atoms with Crippen LogP contribution >= 0.6 is 0 Å². The van der Waals surface area contributed by atoms with Gasteiger partial charge in [-0.2, -0.15) is 13.2 Å². The van der Waals surface area contributed by atoms with E-state index in [9.17, 15) is 22.4 Å². The molecule has 105 valence electrons. The van der Waals surface area contributed by atoms with E-state index in [-0.39, 0.29) is 0 Å². The summed E-state index contributed by atoms with van der Waals surface area (Å²) in [7, 11) is 0. The van der Waals surface area contributed by atoms with Crippen LogP contribution in [0.5, 0.6) is 0 Å². The number of hydrogen-bond donors (Lipinski definition) is 0. The molecule has 1 aromatic rings. The molecule has 1 amide bonds. The lowest BCUT2D eigenvalue weighted by atomic mass is 10.1. The molecule has 0 saturated heterocycles. The summed E-state index contributed by atoms with van der Waals surface area (Å²) in [5, 5.41) is 0. The maximum atomic E-state index is 13.6. The SMILES string of the molecule is CC(C)(C)O[N]C(=O)c1cccc(C(F)(F)F)c1F. The average molecular weight is 278 g/mol. The number of benzene rings is 1. The Morgan fingerprint density at radius 1 is 1.21 bits per heavy atom. The highest BCUT2D eigenvalue weighted by Gasteiger charge is 2.36. The molecule has 0 spiro atoms.